The maximum atomic E-state index is 8.89. The summed E-state index contributed by atoms with van der Waals surface area (Å²) < 4.78 is 0. The second-order valence-corrected chi connectivity index (χ2v) is 5.01. The van der Waals surface area contributed by atoms with Crippen LogP contribution in [-0.4, -0.2) is 0 Å². The Hall–Kier alpha value is -2.11. The van der Waals surface area contributed by atoms with Crippen LogP contribution in [0.2, 0.25) is 0 Å². The average Bonchev–Trinajstić information content (AvgIpc) is 2.50. The Balaban J connectivity index is 2.06. The molecule has 1 unspecified atom stereocenters. The molecule has 0 amide bonds. The van der Waals surface area contributed by atoms with Gasteiger partial charge >= 0.3 is 0 Å². The Morgan fingerprint density at radius 1 is 1.15 bits per heavy atom. The normalized spacial score (nSPS) is 11.8. The van der Waals surface area contributed by atoms with Gasteiger partial charge in [-0.05, 0) is 42.2 Å². The number of benzene rings is 2. The zero-order chi connectivity index (χ0) is 14.4. The van der Waals surface area contributed by atoms with Gasteiger partial charge in [-0.3, -0.25) is 0 Å². The Morgan fingerprint density at radius 2 is 1.90 bits per heavy atom. The van der Waals surface area contributed by atoms with Crippen molar-refractivity contribution < 1.29 is 0 Å². The third-order valence-electron chi connectivity index (χ3n) is 3.62. The van der Waals surface area contributed by atoms with E-state index < -0.39 is 0 Å². The molecule has 20 heavy (non-hydrogen) atoms. The molecule has 102 valence electrons. The second kappa shape index (κ2) is 6.88. The number of hydrogen-bond acceptors (Lipinski definition) is 2. The number of nitriles is 1. The summed E-state index contributed by atoms with van der Waals surface area (Å²) in [5.41, 5.74) is 4.46. The van der Waals surface area contributed by atoms with E-state index in [1.165, 1.54) is 16.7 Å². The van der Waals surface area contributed by atoms with Gasteiger partial charge in [-0.25, -0.2) is 0 Å². The van der Waals surface area contributed by atoms with Gasteiger partial charge in [0, 0.05) is 12.6 Å². The van der Waals surface area contributed by atoms with Crippen LogP contribution in [0.5, 0.6) is 0 Å². The lowest BCUT2D eigenvalue weighted by atomic mass is 10.0. The molecule has 2 aromatic rings. The number of nitrogens with one attached hydrogen (secondary N) is 1. The van der Waals surface area contributed by atoms with Crippen LogP contribution in [0, 0.1) is 18.3 Å². The predicted molar refractivity (Wildman–Crippen MR) is 82.2 cm³/mol. The molecule has 0 saturated heterocycles. The van der Waals surface area contributed by atoms with E-state index in [0.29, 0.717) is 6.04 Å². The molecule has 0 saturated carbocycles. The molecule has 0 bridgehead atoms. The second-order valence-electron chi connectivity index (χ2n) is 5.01. The highest BCUT2D eigenvalue weighted by atomic mass is 14.9. The van der Waals surface area contributed by atoms with Crippen molar-refractivity contribution in [3.63, 3.8) is 0 Å². The number of aryl methyl sites for hydroxylation is 1. The third kappa shape index (κ3) is 3.46. The molecule has 2 heteroatoms. The highest BCUT2D eigenvalue weighted by Gasteiger charge is 2.08. The summed E-state index contributed by atoms with van der Waals surface area (Å²) >= 11 is 0. The lowest BCUT2D eigenvalue weighted by Gasteiger charge is -2.18. The van der Waals surface area contributed by atoms with Gasteiger partial charge in [-0.2, -0.15) is 5.26 Å². The summed E-state index contributed by atoms with van der Waals surface area (Å²) in [7, 11) is 0. The van der Waals surface area contributed by atoms with Gasteiger partial charge in [0.05, 0.1) is 11.6 Å². The summed E-state index contributed by atoms with van der Waals surface area (Å²) in [5.74, 6) is 0. The Labute approximate surface area is 121 Å². The molecule has 1 atom stereocenters. The average molecular weight is 264 g/mol. The zero-order valence-electron chi connectivity index (χ0n) is 12.1. The van der Waals surface area contributed by atoms with Crippen molar-refractivity contribution in [2.75, 3.05) is 0 Å². The molecular formula is C18H20N2. The van der Waals surface area contributed by atoms with E-state index in [4.69, 9.17) is 5.26 Å². The van der Waals surface area contributed by atoms with E-state index in [9.17, 15) is 0 Å². The van der Waals surface area contributed by atoms with Crippen LogP contribution in [0.15, 0.2) is 48.5 Å². The van der Waals surface area contributed by atoms with E-state index in [1.54, 1.807) is 0 Å². The molecule has 2 rings (SSSR count). The molecule has 0 aliphatic carbocycles. The number of nitrogens with zero attached hydrogens (tertiary/aromatic N) is 1. The van der Waals surface area contributed by atoms with Crippen LogP contribution in [0.4, 0.5) is 0 Å². The van der Waals surface area contributed by atoms with Crippen molar-refractivity contribution in [2.45, 2.75) is 32.9 Å². The SMILES string of the molecule is CCC(NCc1ccc(C#N)cc1C)c1ccccc1. The molecule has 0 fully saturated rings. The standard InChI is InChI=1S/C18H20N2/c1-3-18(16-7-5-4-6-8-16)20-13-17-10-9-15(12-19)11-14(17)2/h4-11,18,20H,3,13H2,1-2H3. The Kier molecular flexibility index (Phi) is 4.92. The topological polar surface area (TPSA) is 35.8 Å². The van der Waals surface area contributed by atoms with Gasteiger partial charge in [0.15, 0.2) is 0 Å². The van der Waals surface area contributed by atoms with Gasteiger partial charge in [0.1, 0.15) is 0 Å². The van der Waals surface area contributed by atoms with E-state index in [0.717, 1.165) is 18.5 Å². The fourth-order valence-electron chi connectivity index (χ4n) is 2.38. The Morgan fingerprint density at radius 3 is 2.50 bits per heavy atom. The highest BCUT2D eigenvalue weighted by Crippen LogP contribution is 2.18. The first-order valence-corrected chi connectivity index (χ1v) is 7.02. The van der Waals surface area contributed by atoms with Gasteiger partial charge in [-0.15, -0.1) is 0 Å². The minimum absolute atomic E-state index is 0.367. The molecule has 1 N–H and O–H groups in total. The monoisotopic (exact) mass is 264 g/mol. The van der Waals surface area contributed by atoms with Crippen molar-refractivity contribution in [2.24, 2.45) is 0 Å². The maximum absolute atomic E-state index is 8.89. The smallest absolute Gasteiger partial charge is 0.0991 e. The van der Waals surface area contributed by atoms with Crippen molar-refractivity contribution >= 4 is 0 Å². The van der Waals surface area contributed by atoms with Gasteiger partial charge in [0.25, 0.3) is 0 Å². The zero-order valence-corrected chi connectivity index (χ0v) is 12.1. The first kappa shape index (κ1) is 14.3. The molecule has 2 aromatic carbocycles. The summed E-state index contributed by atoms with van der Waals surface area (Å²) in [6, 6.07) is 18.9. The summed E-state index contributed by atoms with van der Waals surface area (Å²) in [6.45, 7) is 5.07. The van der Waals surface area contributed by atoms with E-state index >= 15 is 0 Å². The molecule has 0 spiro atoms. The molecule has 0 aliphatic heterocycles. The molecule has 2 nitrogen and oxygen atoms in total. The van der Waals surface area contributed by atoms with Crippen molar-refractivity contribution in [3.8, 4) is 6.07 Å². The van der Waals surface area contributed by atoms with Crippen LogP contribution in [0.3, 0.4) is 0 Å². The van der Waals surface area contributed by atoms with Crippen molar-refractivity contribution in [1.29, 1.82) is 5.26 Å². The molecule has 0 aromatic heterocycles. The largest absolute Gasteiger partial charge is 0.306 e. The third-order valence-corrected chi connectivity index (χ3v) is 3.62. The molecule has 0 heterocycles. The fourth-order valence-corrected chi connectivity index (χ4v) is 2.38. The Bertz CT molecular complexity index is 597. The molecular weight excluding hydrogens is 244 g/mol. The van der Waals surface area contributed by atoms with Gasteiger partial charge < -0.3 is 5.32 Å². The highest BCUT2D eigenvalue weighted by molar-refractivity contribution is 5.37. The van der Waals surface area contributed by atoms with Crippen molar-refractivity contribution in [3.05, 3.63) is 70.8 Å². The lowest BCUT2D eigenvalue weighted by Crippen LogP contribution is -2.20. The lowest BCUT2D eigenvalue weighted by molar-refractivity contribution is 0.518. The van der Waals surface area contributed by atoms with E-state index in [1.807, 2.05) is 24.3 Å². The first-order chi connectivity index (χ1) is 9.74. The maximum Gasteiger partial charge on any atom is 0.0991 e. The quantitative estimate of drug-likeness (QED) is 0.882. The minimum atomic E-state index is 0.367. The predicted octanol–water partition coefficient (Wildman–Crippen LogP) is 4.11. The van der Waals surface area contributed by atoms with Crippen LogP contribution in [-0.2, 0) is 6.54 Å². The van der Waals surface area contributed by atoms with Crippen LogP contribution < -0.4 is 5.32 Å². The summed E-state index contributed by atoms with van der Waals surface area (Å²) in [6.07, 6.45) is 1.05. The summed E-state index contributed by atoms with van der Waals surface area (Å²) in [5, 5.41) is 12.5. The van der Waals surface area contributed by atoms with Crippen molar-refractivity contribution in [1.82, 2.24) is 5.32 Å². The number of hydrogen-bond donors (Lipinski definition) is 1. The molecule has 0 aliphatic rings. The molecule has 0 radical (unpaired) electrons. The summed E-state index contributed by atoms with van der Waals surface area (Å²) in [4.78, 5) is 0. The van der Waals surface area contributed by atoms with Crippen LogP contribution in [0.1, 0.15) is 41.6 Å². The first-order valence-electron chi connectivity index (χ1n) is 7.02. The van der Waals surface area contributed by atoms with Gasteiger partial charge in [0.2, 0.25) is 0 Å². The van der Waals surface area contributed by atoms with Crippen LogP contribution >= 0.6 is 0 Å². The van der Waals surface area contributed by atoms with E-state index in [2.05, 4.69) is 49.5 Å². The minimum Gasteiger partial charge on any atom is -0.306 e. The van der Waals surface area contributed by atoms with Crippen LogP contribution in [0.25, 0.3) is 0 Å². The number of rotatable bonds is 5. The van der Waals surface area contributed by atoms with E-state index in [-0.39, 0.29) is 0 Å². The van der Waals surface area contributed by atoms with Gasteiger partial charge in [-0.1, -0.05) is 43.3 Å². The fraction of sp³-hybridized carbons (Fsp3) is 0.278.